The molecule has 0 N–H and O–H groups in total. The highest BCUT2D eigenvalue weighted by Crippen LogP contribution is 2.36. The van der Waals surface area contributed by atoms with Gasteiger partial charge < -0.3 is 9.64 Å². The summed E-state index contributed by atoms with van der Waals surface area (Å²) in [6.45, 7) is 8.10. The molecule has 4 heteroatoms. The average Bonchev–Trinajstić information content (AvgIpc) is 2.57. The third-order valence-electron chi connectivity index (χ3n) is 5.42. The van der Waals surface area contributed by atoms with Gasteiger partial charge in [-0.25, -0.2) is 0 Å². The number of Topliss-reactive ketones (excluding diaryl/α,β-unsaturated/α-hetero) is 1. The van der Waals surface area contributed by atoms with Crippen LogP contribution in [0.2, 0.25) is 0 Å². The maximum absolute atomic E-state index is 12.4. The molecule has 3 rings (SSSR count). The number of carbonyl (C=O) groups excluding carboxylic acids is 1. The Kier molecular flexibility index (Phi) is 4.28. The Balaban J connectivity index is 1.97. The summed E-state index contributed by atoms with van der Waals surface area (Å²) >= 11 is 0. The van der Waals surface area contributed by atoms with E-state index in [1.54, 1.807) is 7.11 Å². The number of carbonyl (C=O) groups is 1. The first-order valence-electron chi connectivity index (χ1n) is 8.50. The molecule has 1 saturated heterocycles. The molecule has 0 saturated carbocycles. The molecule has 0 amide bonds. The first-order chi connectivity index (χ1) is 11.0. The van der Waals surface area contributed by atoms with Crippen LogP contribution < -0.4 is 0 Å². The minimum Gasteiger partial charge on any atom is -0.378 e. The first kappa shape index (κ1) is 16.2. The molecular weight excluding hydrogens is 288 g/mol. The topological polar surface area (TPSA) is 42.4 Å². The fourth-order valence-corrected chi connectivity index (χ4v) is 3.54. The van der Waals surface area contributed by atoms with Gasteiger partial charge >= 0.3 is 0 Å². The van der Waals surface area contributed by atoms with Crippen molar-refractivity contribution in [2.24, 2.45) is 0 Å². The molecular formula is C19H26N2O2. The van der Waals surface area contributed by atoms with Crippen molar-refractivity contribution in [2.75, 3.05) is 20.2 Å². The third kappa shape index (κ3) is 2.92. The molecule has 1 aliphatic heterocycles. The maximum Gasteiger partial charge on any atom is 0.165 e. The number of piperidine rings is 1. The van der Waals surface area contributed by atoms with Crippen LogP contribution in [0.3, 0.4) is 0 Å². The van der Waals surface area contributed by atoms with Crippen molar-refractivity contribution in [1.82, 2.24) is 9.88 Å². The molecule has 0 radical (unpaired) electrons. The van der Waals surface area contributed by atoms with Gasteiger partial charge in [-0.2, -0.15) is 0 Å². The highest BCUT2D eigenvalue weighted by Gasteiger charge is 2.34. The quantitative estimate of drug-likeness (QED) is 0.860. The summed E-state index contributed by atoms with van der Waals surface area (Å²) in [4.78, 5) is 19.2. The summed E-state index contributed by atoms with van der Waals surface area (Å²) in [7, 11) is 1.79. The number of ether oxygens (including phenoxy) is 1. The lowest BCUT2D eigenvalue weighted by molar-refractivity contribution is -0.115. The van der Waals surface area contributed by atoms with E-state index in [1.165, 1.54) is 5.56 Å². The monoisotopic (exact) mass is 314 g/mol. The Morgan fingerprint density at radius 3 is 2.65 bits per heavy atom. The average molecular weight is 314 g/mol. The maximum atomic E-state index is 12.4. The van der Waals surface area contributed by atoms with Gasteiger partial charge in [-0.15, -0.1) is 0 Å². The van der Waals surface area contributed by atoms with Crippen LogP contribution in [0.1, 0.15) is 50.4 Å². The van der Waals surface area contributed by atoms with E-state index in [0.29, 0.717) is 6.42 Å². The van der Waals surface area contributed by atoms with Crippen molar-refractivity contribution in [3.8, 4) is 0 Å². The number of hydrogen-bond acceptors (Lipinski definition) is 4. The number of fused-ring (bicyclic) bond motifs is 1. The number of ketones is 1. The molecule has 4 nitrogen and oxygen atoms in total. The molecule has 0 unspecified atom stereocenters. The van der Waals surface area contributed by atoms with Gasteiger partial charge in [0.1, 0.15) is 0 Å². The van der Waals surface area contributed by atoms with Crippen LogP contribution in [-0.4, -0.2) is 41.5 Å². The fraction of sp³-hybridized carbons (Fsp3) is 0.579. The second kappa shape index (κ2) is 6.08. The highest BCUT2D eigenvalue weighted by molar-refractivity contribution is 6.06. The van der Waals surface area contributed by atoms with Crippen molar-refractivity contribution in [3.05, 3.63) is 34.7 Å². The molecule has 0 bridgehead atoms. The molecule has 2 aliphatic rings. The van der Waals surface area contributed by atoms with E-state index in [4.69, 9.17) is 4.74 Å². The lowest BCUT2D eigenvalue weighted by Gasteiger charge is -2.42. The van der Waals surface area contributed by atoms with Gasteiger partial charge in [0.05, 0.1) is 11.3 Å². The van der Waals surface area contributed by atoms with Gasteiger partial charge in [0, 0.05) is 49.6 Å². The van der Waals surface area contributed by atoms with Crippen LogP contribution in [0.15, 0.2) is 17.8 Å². The van der Waals surface area contributed by atoms with Gasteiger partial charge in [0.2, 0.25) is 0 Å². The Morgan fingerprint density at radius 2 is 2.04 bits per heavy atom. The van der Waals surface area contributed by atoms with Crippen LogP contribution in [0.5, 0.6) is 0 Å². The zero-order valence-electron chi connectivity index (χ0n) is 14.6. The van der Waals surface area contributed by atoms with Gasteiger partial charge in [0.15, 0.2) is 5.78 Å². The second-order valence-electron chi connectivity index (χ2n) is 6.90. The minimum atomic E-state index is -0.0424. The number of methoxy groups -OCH3 is 1. The van der Waals surface area contributed by atoms with Crippen LogP contribution in [0, 0.1) is 0 Å². The summed E-state index contributed by atoms with van der Waals surface area (Å²) in [5, 5.41) is 0. The number of aryl methyl sites for hydroxylation is 1. The molecule has 23 heavy (non-hydrogen) atoms. The van der Waals surface area contributed by atoms with Gasteiger partial charge in [-0.05, 0) is 44.7 Å². The van der Waals surface area contributed by atoms with E-state index in [2.05, 4.69) is 29.8 Å². The Hall–Kier alpha value is -1.68. The minimum absolute atomic E-state index is 0.0424. The number of aromatic nitrogens is 1. The predicted molar refractivity (Wildman–Crippen MR) is 91.1 cm³/mol. The molecule has 0 aromatic carbocycles. The van der Waals surface area contributed by atoms with E-state index in [-0.39, 0.29) is 11.4 Å². The molecule has 0 spiro atoms. The summed E-state index contributed by atoms with van der Waals surface area (Å²) in [6.07, 6.45) is 5.24. The van der Waals surface area contributed by atoms with E-state index < -0.39 is 0 Å². The van der Waals surface area contributed by atoms with Crippen molar-refractivity contribution < 1.29 is 9.53 Å². The highest BCUT2D eigenvalue weighted by atomic mass is 16.5. The van der Waals surface area contributed by atoms with Gasteiger partial charge in [-0.3, -0.25) is 9.78 Å². The van der Waals surface area contributed by atoms with E-state index >= 15 is 0 Å². The lowest BCUT2D eigenvalue weighted by atomic mass is 9.86. The number of rotatable bonds is 3. The summed E-state index contributed by atoms with van der Waals surface area (Å²) in [5.74, 6) is 0.221. The Morgan fingerprint density at radius 1 is 1.35 bits per heavy atom. The molecule has 1 aliphatic carbocycles. The van der Waals surface area contributed by atoms with E-state index in [9.17, 15) is 4.79 Å². The number of allylic oxidation sites excluding steroid dienone is 1. The van der Waals surface area contributed by atoms with E-state index in [0.717, 1.165) is 54.9 Å². The summed E-state index contributed by atoms with van der Waals surface area (Å²) in [6, 6.07) is 2.17. The summed E-state index contributed by atoms with van der Waals surface area (Å²) < 4.78 is 5.65. The molecule has 0 atom stereocenters. The van der Waals surface area contributed by atoms with Gasteiger partial charge in [-0.1, -0.05) is 6.92 Å². The summed E-state index contributed by atoms with van der Waals surface area (Å²) in [5.41, 5.74) is 5.32. The molecule has 2 heterocycles. The smallest absolute Gasteiger partial charge is 0.165 e. The predicted octanol–water partition coefficient (Wildman–Crippen LogP) is 3.00. The molecule has 1 fully saturated rings. The van der Waals surface area contributed by atoms with Crippen LogP contribution >= 0.6 is 0 Å². The zero-order chi connectivity index (χ0) is 16.6. The lowest BCUT2D eigenvalue weighted by Crippen LogP contribution is -2.43. The van der Waals surface area contributed by atoms with Crippen LogP contribution in [0.25, 0.3) is 5.70 Å². The SMILES string of the molecule is CCc1cc2c(cn1)CC(=O)C(C)=C2N1CCC(C)(OC)CC1. The van der Waals surface area contributed by atoms with Crippen molar-refractivity contribution in [2.45, 2.75) is 52.1 Å². The number of pyridine rings is 1. The Bertz CT molecular complexity index is 655. The Labute approximate surface area is 138 Å². The standard InChI is InChI=1S/C19H26N2O2/c1-5-15-11-16-14(12-20-15)10-17(22)13(2)18(16)21-8-6-19(3,23-4)7-9-21/h11-12H,5-10H2,1-4H3. The number of nitrogens with zero attached hydrogens (tertiary/aromatic N) is 2. The molecule has 1 aromatic rings. The molecule has 124 valence electrons. The van der Waals surface area contributed by atoms with Crippen molar-refractivity contribution >= 4 is 11.5 Å². The van der Waals surface area contributed by atoms with Gasteiger partial charge in [0.25, 0.3) is 0 Å². The zero-order valence-corrected chi connectivity index (χ0v) is 14.6. The fourth-order valence-electron chi connectivity index (χ4n) is 3.54. The van der Waals surface area contributed by atoms with Crippen LogP contribution in [0.4, 0.5) is 0 Å². The second-order valence-corrected chi connectivity index (χ2v) is 6.90. The number of likely N-dealkylation sites (tertiary alicyclic amines) is 1. The van der Waals surface area contributed by atoms with Crippen LogP contribution in [-0.2, 0) is 22.4 Å². The van der Waals surface area contributed by atoms with Crippen molar-refractivity contribution in [3.63, 3.8) is 0 Å². The largest absolute Gasteiger partial charge is 0.378 e. The van der Waals surface area contributed by atoms with E-state index in [1.807, 2.05) is 13.1 Å². The molecule has 1 aromatic heterocycles. The van der Waals surface area contributed by atoms with Crippen molar-refractivity contribution in [1.29, 1.82) is 0 Å². The number of hydrogen-bond donors (Lipinski definition) is 0. The normalized spacial score (nSPS) is 20.7. The third-order valence-corrected chi connectivity index (χ3v) is 5.42. The first-order valence-corrected chi connectivity index (χ1v) is 8.50.